The minimum atomic E-state index is -0.352. The average Bonchev–Trinajstić information content (AvgIpc) is 3.15. The van der Waals surface area contributed by atoms with Gasteiger partial charge in [0.15, 0.2) is 0 Å². The lowest BCUT2D eigenvalue weighted by molar-refractivity contribution is -0.124. The molecule has 1 aliphatic rings. The van der Waals surface area contributed by atoms with Crippen molar-refractivity contribution >= 4 is 34.9 Å². The molecule has 6 heteroatoms. The lowest BCUT2D eigenvalue weighted by atomic mass is 10.1. The third kappa shape index (κ3) is 4.73. The van der Waals surface area contributed by atoms with E-state index in [4.69, 9.17) is 0 Å². The Morgan fingerprint density at radius 2 is 2.22 bits per heavy atom. The Morgan fingerprint density at radius 1 is 1.43 bits per heavy atom. The van der Waals surface area contributed by atoms with Gasteiger partial charge in [-0.1, -0.05) is 33.3 Å². The summed E-state index contributed by atoms with van der Waals surface area (Å²) in [5.41, 5.74) is 0. The van der Waals surface area contributed by atoms with Gasteiger partial charge in [-0.25, -0.2) is 0 Å². The Bertz CT molecular complexity index is 517. The molecule has 1 saturated heterocycles. The number of carbonyl (C=O) groups excluding carboxylic acids is 2. The molecule has 0 radical (unpaired) electrons. The fraction of sp³-hybridized carbons (Fsp3) is 0.647. The van der Waals surface area contributed by atoms with Crippen LogP contribution in [0.4, 0.5) is 0 Å². The predicted octanol–water partition coefficient (Wildman–Crippen LogP) is 3.59. The van der Waals surface area contributed by atoms with Crippen LogP contribution < -0.4 is 5.32 Å². The third-order valence-corrected chi connectivity index (χ3v) is 6.03. The first-order valence-electron chi connectivity index (χ1n) is 8.30. The quantitative estimate of drug-likeness (QED) is 0.761. The van der Waals surface area contributed by atoms with Crippen molar-refractivity contribution in [1.82, 2.24) is 10.2 Å². The zero-order valence-corrected chi connectivity index (χ0v) is 15.7. The predicted molar refractivity (Wildman–Crippen MR) is 97.9 cm³/mol. The van der Waals surface area contributed by atoms with E-state index in [1.807, 2.05) is 22.4 Å². The SMILES string of the molecule is CCCCNC(=O)C1CSC(CC(C)C)N1C(=O)c1cccs1. The van der Waals surface area contributed by atoms with E-state index < -0.39 is 0 Å². The van der Waals surface area contributed by atoms with Gasteiger partial charge in [-0.3, -0.25) is 9.59 Å². The molecule has 2 rings (SSSR count). The second-order valence-electron chi connectivity index (χ2n) is 6.27. The molecular formula is C17H26N2O2S2. The van der Waals surface area contributed by atoms with Crippen LogP contribution >= 0.6 is 23.1 Å². The van der Waals surface area contributed by atoms with Crippen molar-refractivity contribution < 1.29 is 9.59 Å². The normalized spacial score (nSPS) is 21.0. The maximum atomic E-state index is 12.9. The summed E-state index contributed by atoms with van der Waals surface area (Å²) in [6.07, 6.45) is 2.94. The first kappa shape index (κ1) is 18.3. The number of carbonyl (C=O) groups is 2. The Labute approximate surface area is 147 Å². The molecule has 1 aromatic rings. The average molecular weight is 355 g/mol. The molecule has 1 aliphatic heterocycles. The highest BCUT2D eigenvalue weighted by molar-refractivity contribution is 8.00. The molecule has 1 fully saturated rings. The van der Waals surface area contributed by atoms with Gasteiger partial charge in [-0.15, -0.1) is 23.1 Å². The molecule has 23 heavy (non-hydrogen) atoms. The Balaban J connectivity index is 2.13. The van der Waals surface area contributed by atoms with Crippen LogP contribution in [0.25, 0.3) is 0 Å². The van der Waals surface area contributed by atoms with Crippen LogP contribution in [0.1, 0.15) is 49.7 Å². The fourth-order valence-corrected chi connectivity index (χ4v) is 4.96. The first-order valence-corrected chi connectivity index (χ1v) is 10.2. The summed E-state index contributed by atoms with van der Waals surface area (Å²) in [6, 6.07) is 3.37. The molecule has 1 N–H and O–H groups in total. The van der Waals surface area contributed by atoms with E-state index in [9.17, 15) is 9.59 Å². The van der Waals surface area contributed by atoms with Crippen molar-refractivity contribution in [3.05, 3.63) is 22.4 Å². The van der Waals surface area contributed by atoms with E-state index >= 15 is 0 Å². The number of nitrogens with one attached hydrogen (secondary N) is 1. The molecule has 0 bridgehead atoms. The zero-order valence-electron chi connectivity index (χ0n) is 14.1. The van der Waals surface area contributed by atoms with Crippen LogP contribution in [0.2, 0.25) is 0 Å². The van der Waals surface area contributed by atoms with Gasteiger partial charge in [0.25, 0.3) is 5.91 Å². The van der Waals surface area contributed by atoms with E-state index in [-0.39, 0.29) is 23.2 Å². The molecule has 4 nitrogen and oxygen atoms in total. The van der Waals surface area contributed by atoms with Crippen LogP contribution in [0.5, 0.6) is 0 Å². The Morgan fingerprint density at radius 3 is 2.83 bits per heavy atom. The Kier molecular flexibility index (Phi) is 6.96. The van der Waals surface area contributed by atoms with Gasteiger partial charge in [-0.2, -0.15) is 0 Å². The van der Waals surface area contributed by atoms with Crippen molar-refractivity contribution in [2.24, 2.45) is 5.92 Å². The molecule has 0 saturated carbocycles. The largest absolute Gasteiger partial charge is 0.354 e. The lowest BCUT2D eigenvalue weighted by Crippen LogP contribution is -2.50. The van der Waals surface area contributed by atoms with E-state index in [0.717, 1.165) is 19.3 Å². The molecule has 128 valence electrons. The van der Waals surface area contributed by atoms with Crippen molar-refractivity contribution in [2.75, 3.05) is 12.3 Å². The highest BCUT2D eigenvalue weighted by Crippen LogP contribution is 2.35. The fourth-order valence-electron chi connectivity index (χ4n) is 2.66. The number of amides is 2. The minimum Gasteiger partial charge on any atom is -0.354 e. The number of thiophene rings is 1. The lowest BCUT2D eigenvalue weighted by Gasteiger charge is -2.29. The van der Waals surface area contributed by atoms with Gasteiger partial charge in [0.1, 0.15) is 6.04 Å². The number of unbranched alkanes of at least 4 members (excludes halogenated alkanes) is 1. The topological polar surface area (TPSA) is 49.4 Å². The molecule has 2 atom stereocenters. The molecule has 0 aromatic carbocycles. The molecule has 1 aromatic heterocycles. The smallest absolute Gasteiger partial charge is 0.265 e. The summed E-state index contributed by atoms with van der Waals surface area (Å²) in [5.74, 6) is 1.16. The van der Waals surface area contributed by atoms with Crippen LogP contribution in [-0.2, 0) is 4.79 Å². The van der Waals surface area contributed by atoms with Gasteiger partial charge < -0.3 is 10.2 Å². The molecule has 0 spiro atoms. The number of hydrogen-bond acceptors (Lipinski definition) is 4. The summed E-state index contributed by atoms with van der Waals surface area (Å²) >= 11 is 3.17. The second kappa shape index (κ2) is 8.73. The maximum absolute atomic E-state index is 12.9. The van der Waals surface area contributed by atoms with Gasteiger partial charge in [0.2, 0.25) is 5.91 Å². The zero-order chi connectivity index (χ0) is 16.8. The molecule has 2 unspecified atom stereocenters. The number of nitrogens with zero attached hydrogens (tertiary/aromatic N) is 1. The van der Waals surface area contributed by atoms with Gasteiger partial charge >= 0.3 is 0 Å². The maximum Gasteiger partial charge on any atom is 0.265 e. The second-order valence-corrected chi connectivity index (χ2v) is 8.43. The third-order valence-electron chi connectivity index (χ3n) is 3.86. The van der Waals surface area contributed by atoms with Crippen LogP contribution in [0, 0.1) is 5.92 Å². The summed E-state index contributed by atoms with van der Waals surface area (Å²) < 4.78 is 0. The van der Waals surface area contributed by atoms with Crippen LogP contribution in [-0.4, -0.2) is 40.4 Å². The van der Waals surface area contributed by atoms with E-state index in [2.05, 4.69) is 26.1 Å². The minimum absolute atomic E-state index is 0.00806. The summed E-state index contributed by atoms with van der Waals surface area (Å²) in [6.45, 7) is 7.10. The van der Waals surface area contributed by atoms with E-state index in [1.165, 1.54) is 11.3 Å². The monoisotopic (exact) mass is 354 g/mol. The highest BCUT2D eigenvalue weighted by atomic mass is 32.2. The summed E-state index contributed by atoms with van der Waals surface area (Å²) in [4.78, 5) is 27.9. The van der Waals surface area contributed by atoms with E-state index in [0.29, 0.717) is 23.1 Å². The van der Waals surface area contributed by atoms with Gasteiger partial charge in [-0.05, 0) is 30.2 Å². The standard InChI is InChI=1S/C17H26N2O2S2/c1-4-5-8-18-16(20)13-11-23-15(10-12(2)3)19(13)17(21)14-7-6-9-22-14/h6-7,9,12-13,15H,4-5,8,10-11H2,1-3H3,(H,18,20). The number of rotatable bonds is 7. The summed E-state index contributed by atoms with van der Waals surface area (Å²) in [5, 5.41) is 4.98. The van der Waals surface area contributed by atoms with Crippen molar-refractivity contribution in [3.8, 4) is 0 Å². The molecular weight excluding hydrogens is 328 g/mol. The number of hydrogen-bond donors (Lipinski definition) is 1. The van der Waals surface area contributed by atoms with Gasteiger partial charge in [0.05, 0.1) is 10.3 Å². The first-order chi connectivity index (χ1) is 11.0. The van der Waals surface area contributed by atoms with E-state index in [1.54, 1.807) is 11.8 Å². The van der Waals surface area contributed by atoms with Crippen LogP contribution in [0.15, 0.2) is 17.5 Å². The highest BCUT2D eigenvalue weighted by Gasteiger charge is 2.42. The van der Waals surface area contributed by atoms with Crippen molar-refractivity contribution in [2.45, 2.75) is 51.4 Å². The van der Waals surface area contributed by atoms with Crippen LogP contribution in [0.3, 0.4) is 0 Å². The molecule has 2 amide bonds. The van der Waals surface area contributed by atoms with Crippen molar-refractivity contribution in [3.63, 3.8) is 0 Å². The molecule has 2 heterocycles. The number of thioether (sulfide) groups is 1. The Hall–Kier alpha value is -1.01. The summed E-state index contributed by atoms with van der Waals surface area (Å²) in [7, 11) is 0. The molecule has 0 aliphatic carbocycles. The van der Waals surface area contributed by atoms with Gasteiger partial charge in [0, 0.05) is 12.3 Å². The van der Waals surface area contributed by atoms with Crippen molar-refractivity contribution in [1.29, 1.82) is 0 Å².